The molecule has 5 nitrogen and oxygen atoms in total. The third-order valence-corrected chi connectivity index (χ3v) is 4.14. The minimum atomic E-state index is -0.499. The third-order valence-electron chi connectivity index (χ3n) is 4.14. The Morgan fingerprint density at radius 1 is 1.08 bits per heavy atom. The molecule has 1 N–H and O–H groups in total. The summed E-state index contributed by atoms with van der Waals surface area (Å²) in [7, 11) is 0. The van der Waals surface area contributed by atoms with E-state index in [1.165, 1.54) is 4.90 Å². The molecule has 0 aliphatic carbocycles. The van der Waals surface area contributed by atoms with E-state index in [1.54, 1.807) is 24.3 Å². The van der Waals surface area contributed by atoms with E-state index in [1.807, 2.05) is 37.3 Å². The van der Waals surface area contributed by atoms with E-state index in [4.69, 9.17) is 4.74 Å². The molecule has 2 amide bonds. The van der Waals surface area contributed by atoms with Crippen LogP contribution in [0.15, 0.2) is 54.6 Å². The van der Waals surface area contributed by atoms with Gasteiger partial charge in [-0.2, -0.15) is 0 Å². The minimum Gasteiger partial charge on any atom is -0.410 e. The van der Waals surface area contributed by atoms with Gasteiger partial charge < -0.3 is 10.1 Å². The lowest BCUT2D eigenvalue weighted by atomic mass is 10.1. The number of carbonyl (C=O) groups is 2. The van der Waals surface area contributed by atoms with E-state index in [9.17, 15) is 9.59 Å². The van der Waals surface area contributed by atoms with Gasteiger partial charge in [-0.1, -0.05) is 36.4 Å². The van der Waals surface area contributed by atoms with Crippen LogP contribution >= 0.6 is 0 Å². The summed E-state index contributed by atoms with van der Waals surface area (Å²) in [4.78, 5) is 26.4. The molecule has 124 valence electrons. The molecule has 0 bridgehead atoms. The molecule has 0 radical (unpaired) electrons. The summed E-state index contributed by atoms with van der Waals surface area (Å²) < 4.78 is 5.36. The lowest BCUT2D eigenvalue weighted by Crippen LogP contribution is -2.44. The lowest BCUT2D eigenvalue weighted by molar-refractivity contribution is -0.119. The molecule has 2 aromatic carbocycles. The van der Waals surface area contributed by atoms with Gasteiger partial charge in [-0.25, -0.2) is 4.79 Å². The van der Waals surface area contributed by atoms with E-state index < -0.39 is 12.1 Å². The summed E-state index contributed by atoms with van der Waals surface area (Å²) in [6, 6.07) is 16.0. The molecule has 1 heterocycles. The van der Waals surface area contributed by atoms with Gasteiger partial charge in [0, 0.05) is 12.2 Å². The predicted octanol–water partition coefficient (Wildman–Crippen LogP) is 3.60. The molecule has 5 heteroatoms. The van der Waals surface area contributed by atoms with E-state index in [-0.39, 0.29) is 5.91 Å². The van der Waals surface area contributed by atoms with Gasteiger partial charge >= 0.3 is 6.09 Å². The number of nitrogens with zero attached hydrogens (tertiary/aromatic N) is 1. The zero-order valence-electron chi connectivity index (χ0n) is 13.6. The maximum atomic E-state index is 12.6. The number of rotatable bonds is 3. The standard InChI is InChI=1S/C19H20N2O3/c1-14-8-5-6-11-16(14)20-18(22)17-12-7-13-21(17)19(23)24-15-9-3-2-4-10-15/h2-6,8-11,17H,7,12-13H2,1H3,(H,20,22)/t17-/m0/s1. The second-order valence-electron chi connectivity index (χ2n) is 5.84. The summed E-state index contributed by atoms with van der Waals surface area (Å²) in [6.45, 7) is 2.46. The Hall–Kier alpha value is -2.82. The van der Waals surface area contributed by atoms with Crippen molar-refractivity contribution >= 4 is 17.7 Å². The van der Waals surface area contributed by atoms with Crippen molar-refractivity contribution in [2.45, 2.75) is 25.8 Å². The molecule has 0 spiro atoms. The summed E-state index contributed by atoms with van der Waals surface area (Å²) in [5.41, 5.74) is 1.76. The number of hydrogen-bond acceptors (Lipinski definition) is 3. The highest BCUT2D eigenvalue weighted by molar-refractivity contribution is 5.97. The van der Waals surface area contributed by atoms with Gasteiger partial charge in [0.25, 0.3) is 0 Å². The van der Waals surface area contributed by atoms with Crippen molar-refractivity contribution in [2.75, 3.05) is 11.9 Å². The first-order chi connectivity index (χ1) is 11.6. The van der Waals surface area contributed by atoms with Crippen LogP contribution in [-0.4, -0.2) is 29.5 Å². The summed E-state index contributed by atoms with van der Waals surface area (Å²) in [5.74, 6) is 0.305. The van der Waals surface area contributed by atoms with Crippen LogP contribution in [0.3, 0.4) is 0 Å². The largest absolute Gasteiger partial charge is 0.415 e. The molecule has 0 aromatic heterocycles. The molecular formula is C19H20N2O3. The van der Waals surface area contributed by atoms with Gasteiger partial charge in [-0.15, -0.1) is 0 Å². The predicted molar refractivity (Wildman–Crippen MR) is 92.0 cm³/mol. The van der Waals surface area contributed by atoms with Crippen molar-refractivity contribution in [1.82, 2.24) is 4.90 Å². The molecule has 1 atom stereocenters. The molecule has 3 rings (SSSR count). The molecule has 0 saturated carbocycles. The normalized spacial score (nSPS) is 16.7. The zero-order valence-corrected chi connectivity index (χ0v) is 13.6. The van der Waals surface area contributed by atoms with Crippen LogP contribution in [0.5, 0.6) is 5.75 Å². The van der Waals surface area contributed by atoms with Gasteiger partial charge in [0.15, 0.2) is 0 Å². The fraction of sp³-hybridized carbons (Fsp3) is 0.263. The van der Waals surface area contributed by atoms with E-state index in [0.717, 1.165) is 17.7 Å². The van der Waals surface area contributed by atoms with Crippen LogP contribution in [0, 0.1) is 6.92 Å². The second-order valence-corrected chi connectivity index (χ2v) is 5.84. The fourth-order valence-corrected chi connectivity index (χ4v) is 2.83. The Morgan fingerprint density at radius 3 is 2.54 bits per heavy atom. The SMILES string of the molecule is Cc1ccccc1NC(=O)[C@@H]1CCCN1C(=O)Oc1ccccc1. The molecule has 1 saturated heterocycles. The molecule has 1 aliphatic heterocycles. The van der Waals surface area contributed by atoms with Gasteiger partial charge in [0.1, 0.15) is 11.8 Å². The summed E-state index contributed by atoms with van der Waals surface area (Å²) in [5, 5.41) is 2.91. The number of likely N-dealkylation sites (tertiary alicyclic amines) is 1. The van der Waals surface area contributed by atoms with Gasteiger partial charge in [-0.05, 0) is 43.5 Å². The number of ether oxygens (including phenoxy) is 1. The lowest BCUT2D eigenvalue weighted by Gasteiger charge is -2.23. The maximum Gasteiger partial charge on any atom is 0.415 e. The Morgan fingerprint density at radius 2 is 1.79 bits per heavy atom. The number of benzene rings is 2. The van der Waals surface area contributed by atoms with Gasteiger partial charge in [0.05, 0.1) is 0 Å². The van der Waals surface area contributed by atoms with Crippen LogP contribution in [-0.2, 0) is 4.79 Å². The molecule has 1 fully saturated rings. The first-order valence-electron chi connectivity index (χ1n) is 8.05. The number of amides is 2. The van der Waals surface area contributed by atoms with E-state index >= 15 is 0 Å². The van der Waals surface area contributed by atoms with Gasteiger partial charge in [-0.3, -0.25) is 9.69 Å². The Balaban J connectivity index is 1.67. The summed E-state index contributed by atoms with van der Waals surface area (Å²) >= 11 is 0. The van der Waals surface area contributed by atoms with Gasteiger partial charge in [0.2, 0.25) is 5.91 Å². The molecular weight excluding hydrogens is 304 g/mol. The highest BCUT2D eigenvalue weighted by Gasteiger charge is 2.35. The average molecular weight is 324 g/mol. The van der Waals surface area contributed by atoms with Crippen LogP contribution in [0.4, 0.5) is 10.5 Å². The highest BCUT2D eigenvalue weighted by Crippen LogP contribution is 2.22. The number of carbonyl (C=O) groups excluding carboxylic acids is 2. The number of nitrogens with one attached hydrogen (secondary N) is 1. The molecule has 24 heavy (non-hydrogen) atoms. The summed E-state index contributed by atoms with van der Waals surface area (Å²) in [6.07, 6.45) is 0.945. The van der Waals surface area contributed by atoms with Crippen molar-refractivity contribution in [3.8, 4) is 5.75 Å². The Kier molecular flexibility index (Phi) is 4.79. The number of para-hydroxylation sites is 2. The Bertz CT molecular complexity index is 730. The van der Waals surface area contributed by atoms with Crippen molar-refractivity contribution in [3.63, 3.8) is 0 Å². The van der Waals surface area contributed by atoms with Crippen LogP contribution in [0.25, 0.3) is 0 Å². The highest BCUT2D eigenvalue weighted by atomic mass is 16.6. The Labute approximate surface area is 141 Å². The first-order valence-corrected chi connectivity index (χ1v) is 8.05. The van der Waals surface area contributed by atoms with Crippen molar-refractivity contribution in [2.24, 2.45) is 0 Å². The second kappa shape index (κ2) is 7.17. The van der Waals surface area contributed by atoms with Crippen molar-refractivity contribution in [1.29, 1.82) is 0 Å². The van der Waals surface area contributed by atoms with Crippen LogP contribution < -0.4 is 10.1 Å². The van der Waals surface area contributed by atoms with E-state index in [2.05, 4.69) is 5.32 Å². The van der Waals surface area contributed by atoms with Crippen molar-refractivity contribution in [3.05, 3.63) is 60.2 Å². The van der Waals surface area contributed by atoms with E-state index in [0.29, 0.717) is 18.7 Å². The average Bonchev–Trinajstić information content (AvgIpc) is 3.08. The number of anilines is 1. The smallest absolute Gasteiger partial charge is 0.410 e. The van der Waals surface area contributed by atoms with Crippen molar-refractivity contribution < 1.29 is 14.3 Å². The third kappa shape index (κ3) is 3.56. The topological polar surface area (TPSA) is 58.6 Å². The zero-order chi connectivity index (χ0) is 16.9. The minimum absolute atomic E-state index is 0.174. The quantitative estimate of drug-likeness (QED) is 0.938. The number of aryl methyl sites for hydroxylation is 1. The number of hydrogen-bond donors (Lipinski definition) is 1. The maximum absolute atomic E-state index is 12.6. The van der Waals surface area contributed by atoms with Crippen LogP contribution in [0.1, 0.15) is 18.4 Å². The molecule has 1 aliphatic rings. The molecule has 0 unspecified atom stereocenters. The monoisotopic (exact) mass is 324 g/mol. The molecule has 2 aromatic rings. The first kappa shape index (κ1) is 16.1. The fourth-order valence-electron chi connectivity index (χ4n) is 2.83. The van der Waals surface area contributed by atoms with Crippen LogP contribution in [0.2, 0.25) is 0 Å².